The van der Waals surface area contributed by atoms with Crippen LogP contribution in [0.1, 0.15) is 18.1 Å². The number of benzene rings is 1. The Morgan fingerprint density at radius 3 is 2.23 bits per heavy atom. The minimum atomic E-state index is 0.692. The SMILES string of the molecule is CCOc1c(C)cc(NN)cc1C. The summed E-state index contributed by atoms with van der Waals surface area (Å²) in [5, 5.41) is 0. The van der Waals surface area contributed by atoms with Gasteiger partial charge in [-0.05, 0) is 44.0 Å². The molecule has 0 aromatic heterocycles. The number of hydrogen-bond donors (Lipinski definition) is 2. The van der Waals surface area contributed by atoms with Gasteiger partial charge in [-0.1, -0.05) is 0 Å². The number of nitrogens with one attached hydrogen (secondary N) is 1. The molecule has 0 aliphatic rings. The summed E-state index contributed by atoms with van der Waals surface area (Å²) < 4.78 is 5.50. The molecule has 0 aliphatic carbocycles. The van der Waals surface area contributed by atoms with Crippen molar-refractivity contribution in [3.63, 3.8) is 0 Å². The molecule has 0 spiro atoms. The number of hydrogen-bond acceptors (Lipinski definition) is 3. The lowest BCUT2D eigenvalue weighted by Gasteiger charge is -2.12. The molecule has 0 aliphatic heterocycles. The fraction of sp³-hybridized carbons (Fsp3) is 0.400. The van der Waals surface area contributed by atoms with Gasteiger partial charge in [-0.25, -0.2) is 0 Å². The lowest BCUT2D eigenvalue weighted by atomic mass is 10.1. The third kappa shape index (κ3) is 2.12. The molecule has 0 atom stereocenters. The topological polar surface area (TPSA) is 47.3 Å². The second-order valence-corrected chi connectivity index (χ2v) is 3.02. The average Bonchev–Trinajstić information content (AvgIpc) is 2.11. The Labute approximate surface area is 78.9 Å². The molecule has 0 unspecified atom stereocenters. The highest BCUT2D eigenvalue weighted by molar-refractivity contribution is 5.54. The predicted octanol–water partition coefficient (Wildman–Crippen LogP) is 1.99. The Morgan fingerprint density at radius 1 is 1.31 bits per heavy atom. The number of nitrogen functional groups attached to an aromatic ring is 1. The summed E-state index contributed by atoms with van der Waals surface area (Å²) in [6.45, 7) is 6.70. The quantitative estimate of drug-likeness (QED) is 0.552. The molecule has 0 radical (unpaired) electrons. The minimum Gasteiger partial charge on any atom is -0.493 e. The van der Waals surface area contributed by atoms with E-state index in [1.165, 1.54) is 0 Å². The summed E-state index contributed by atoms with van der Waals surface area (Å²) in [7, 11) is 0. The fourth-order valence-corrected chi connectivity index (χ4v) is 1.41. The van der Waals surface area contributed by atoms with Crippen molar-refractivity contribution in [1.82, 2.24) is 0 Å². The standard InChI is InChI=1S/C10H16N2O/c1-4-13-10-7(2)5-9(12-11)6-8(10)3/h5-6,12H,4,11H2,1-3H3. The van der Waals surface area contributed by atoms with Crippen molar-refractivity contribution in [2.24, 2.45) is 5.84 Å². The van der Waals surface area contributed by atoms with Crippen LogP contribution in [-0.2, 0) is 0 Å². The second-order valence-electron chi connectivity index (χ2n) is 3.02. The third-order valence-electron chi connectivity index (χ3n) is 1.92. The number of hydrazine groups is 1. The molecular formula is C10H16N2O. The van der Waals surface area contributed by atoms with E-state index in [4.69, 9.17) is 10.6 Å². The van der Waals surface area contributed by atoms with E-state index in [-0.39, 0.29) is 0 Å². The first kappa shape index (κ1) is 9.86. The summed E-state index contributed by atoms with van der Waals surface area (Å²) in [6, 6.07) is 3.94. The molecule has 3 N–H and O–H groups in total. The van der Waals surface area contributed by atoms with Crippen LogP contribution in [0.3, 0.4) is 0 Å². The fourth-order valence-electron chi connectivity index (χ4n) is 1.41. The summed E-state index contributed by atoms with van der Waals surface area (Å²) >= 11 is 0. The van der Waals surface area contributed by atoms with Crippen molar-refractivity contribution < 1.29 is 4.74 Å². The van der Waals surface area contributed by atoms with Crippen LogP contribution < -0.4 is 16.0 Å². The lowest BCUT2D eigenvalue weighted by Crippen LogP contribution is -2.07. The molecule has 0 fully saturated rings. The first-order valence-electron chi connectivity index (χ1n) is 4.39. The zero-order chi connectivity index (χ0) is 9.84. The van der Waals surface area contributed by atoms with Gasteiger partial charge in [0.05, 0.1) is 6.61 Å². The zero-order valence-electron chi connectivity index (χ0n) is 8.35. The van der Waals surface area contributed by atoms with Crippen molar-refractivity contribution in [2.45, 2.75) is 20.8 Å². The van der Waals surface area contributed by atoms with Crippen molar-refractivity contribution in [1.29, 1.82) is 0 Å². The van der Waals surface area contributed by atoms with Gasteiger partial charge >= 0.3 is 0 Å². The highest BCUT2D eigenvalue weighted by Gasteiger charge is 2.04. The van der Waals surface area contributed by atoms with E-state index in [9.17, 15) is 0 Å². The molecular weight excluding hydrogens is 164 g/mol. The molecule has 0 saturated heterocycles. The molecule has 0 heterocycles. The number of aryl methyl sites for hydroxylation is 2. The molecule has 0 amide bonds. The van der Waals surface area contributed by atoms with E-state index in [2.05, 4.69) is 5.43 Å². The molecule has 1 aromatic carbocycles. The third-order valence-corrected chi connectivity index (χ3v) is 1.92. The monoisotopic (exact) mass is 180 g/mol. The molecule has 72 valence electrons. The van der Waals surface area contributed by atoms with Crippen LogP contribution >= 0.6 is 0 Å². The molecule has 0 saturated carbocycles. The van der Waals surface area contributed by atoms with Gasteiger partial charge in [0.2, 0.25) is 0 Å². The Morgan fingerprint density at radius 2 is 1.85 bits per heavy atom. The number of nitrogens with two attached hydrogens (primary N) is 1. The number of ether oxygens (including phenoxy) is 1. The molecule has 1 aromatic rings. The highest BCUT2D eigenvalue weighted by atomic mass is 16.5. The van der Waals surface area contributed by atoms with Crippen LogP contribution in [0.5, 0.6) is 5.75 Å². The van der Waals surface area contributed by atoms with Crippen LogP contribution in [0.15, 0.2) is 12.1 Å². The predicted molar refractivity (Wildman–Crippen MR) is 54.9 cm³/mol. The first-order valence-corrected chi connectivity index (χ1v) is 4.39. The molecule has 3 nitrogen and oxygen atoms in total. The first-order chi connectivity index (χ1) is 6.19. The summed E-state index contributed by atoms with van der Waals surface area (Å²) in [5.41, 5.74) is 5.75. The Hall–Kier alpha value is -1.22. The molecule has 13 heavy (non-hydrogen) atoms. The van der Waals surface area contributed by atoms with Crippen LogP contribution in [0, 0.1) is 13.8 Å². The largest absolute Gasteiger partial charge is 0.493 e. The van der Waals surface area contributed by atoms with Crippen molar-refractivity contribution in [2.75, 3.05) is 12.0 Å². The zero-order valence-corrected chi connectivity index (χ0v) is 8.35. The number of anilines is 1. The number of rotatable bonds is 3. The van der Waals surface area contributed by atoms with Gasteiger partial charge in [-0.15, -0.1) is 0 Å². The highest BCUT2D eigenvalue weighted by Crippen LogP contribution is 2.26. The van der Waals surface area contributed by atoms with Gasteiger partial charge in [-0.2, -0.15) is 0 Å². The normalized spacial score (nSPS) is 9.85. The Balaban J connectivity index is 3.07. The maximum absolute atomic E-state index is 5.50. The van der Waals surface area contributed by atoms with Crippen molar-refractivity contribution in [3.8, 4) is 5.75 Å². The second kappa shape index (κ2) is 4.14. The van der Waals surface area contributed by atoms with Crippen molar-refractivity contribution >= 4 is 5.69 Å². The lowest BCUT2D eigenvalue weighted by molar-refractivity contribution is 0.335. The van der Waals surface area contributed by atoms with Gasteiger partial charge in [0, 0.05) is 5.69 Å². The summed E-state index contributed by atoms with van der Waals surface area (Å²) in [6.07, 6.45) is 0. The molecule has 1 rings (SSSR count). The van der Waals surface area contributed by atoms with Gasteiger partial charge in [-0.3, -0.25) is 5.84 Å². The Bertz CT molecular complexity index is 274. The molecule has 3 heteroatoms. The van der Waals surface area contributed by atoms with Gasteiger partial charge in [0.15, 0.2) is 0 Å². The maximum Gasteiger partial charge on any atom is 0.125 e. The van der Waals surface area contributed by atoms with Gasteiger partial charge < -0.3 is 10.2 Å². The van der Waals surface area contributed by atoms with Crippen molar-refractivity contribution in [3.05, 3.63) is 23.3 Å². The van der Waals surface area contributed by atoms with Gasteiger partial charge in [0.25, 0.3) is 0 Å². The maximum atomic E-state index is 5.50. The van der Waals surface area contributed by atoms with Crippen LogP contribution in [0.4, 0.5) is 5.69 Å². The van der Waals surface area contributed by atoms with E-state index in [0.29, 0.717) is 6.61 Å². The van der Waals surface area contributed by atoms with Gasteiger partial charge in [0.1, 0.15) is 5.75 Å². The van der Waals surface area contributed by atoms with E-state index in [0.717, 1.165) is 22.6 Å². The summed E-state index contributed by atoms with van der Waals surface area (Å²) in [5.74, 6) is 6.28. The molecule has 0 bridgehead atoms. The Kier molecular flexibility index (Phi) is 3.14. The van der Waals surface area contributed by atoms with E-state index in [1.54, 1.807) is 0 Å². The van der Waals surface area contributed by atoms with E-state index >= 15 is 0 Å². The van der Waals surface area contributed by atoms with Crippen LogP contribution in [0.2, 0.25) is 0 Å². The smallest absolute Gasteiger partial charge is 0.125 e. The average molecular weight is 180 g/mol. The summed E-state index contributed by atoms with van der Waals surface area (Å²) in [4.78, 5) is 0. The van der Waals surface area contributed by atoms with E-state index in [1.807, 2.05) is 32.9 Å². The minimum absolute atomic E-state index is 0.692. The van der Waals surface area contributed by atoms with E-state index < -0.39 is 0 Å². The van der Waals surface area contributed by atoms with Crippen LogP contribution in [0.25, 0.3) is 0 Å². The van der Waals surface area contributed by atoms with Crippen LogP contribution in [-0.4, -0.2) is 6.61 Å².